The highest BCUT2D eigenvalue weighted by Gasteiger charge is 2.22. The third-order valence-electron chi connectivity index (χ3n) is 4.30. The number of hydrogen-bond acceptors (Lipinski definition) is 3. The largest absolute Gasteiger partial charge is 0.319 e. The molecule has 4 heteroatoms. The smallest absolute Gasteiger partial charge is 0.255 e. The van der Waals surface area contributed by atoms with Gasteiger partial charge < -0.3 is 10.3 Å². The molecule has 1 aliphatic carbocycles. The molecule has 0 spiro atoms. The zero-order chi connectivity index (χ0) is 14.8. The van der Waals surface area contributed by atoms with Gasteiger partial charge in [-0.05, 0) is 48.8 Å². The minimum Gasteiger partial charge on any atom is -0.319 e. The van der Waals surface area contributed by atoms with E-state index in [9.17, 15) is 4.79 Å². The molecule has 2 heterocycles. The molecule has 21 heavy (non-hydrogen) atoms. The van der Waals surface area contributed by atoms with Crippen molar-refractivity contribution in [3.8, 4) is 0 Å². The van der Waals surface area contributed by atoms with Gasteiger partial charge in [-0.3, -0.25) is 4.79 Å². The van der Waals surface area contributed by atoms with Gasteiger partial charge in [0.15, 0.2) is 0 Å². The van der Waals surface area contributed by atoms with Crippen molar-refractivity contribution >= 4 is 11.3 Å². The minimum absolute atomic E-state index is 0.116. The Bertz CT molecular complexity index is 673. The van der Waals surface area contributed by atoms with Gasteiger partial charge >= 0.3 is 0 Å². The first kappa shape index (κ1) is 14.5. The molecular formula is C17H22N2OS. The lowest BCUT2D eigenvalue weighted by Crippen LogP contribution is -2.31. The van der Waals surface area contributed by atoms with Crippen LogP contribution in [0.25, 0.3) is 0 Å². The summed E-state index contributed by atoms with van der Waals surface area (Å²) in [5, 5.41) is 2.01. The van der Waals surface area contributed by atoms with Crippen LogP contribution in [-0.2, 0) is 19.4 Å². The third-order valence-corrected chi connectivity index (χ3v) is 5.25. The maximum absolute atomic E-state index is 12.9. The molecule has 2 aromatic heterocycles. The third kappa shape index (κ3) is 2.70. The number of nitrogens with zero attached hydrogens (tertiary/aromatic N) is 1. The van der Waals surface area contributed by atoms with Gasteiger partial charge in [-0.1, -0.05) is 19.4 Å². The number of aryl methyl sites for hydroxylation is 1. The van der Waals surface area contributed by atoms with Crippen LogP contribution in [0.4, 0.5) is 0 Å². The average Bonchev–Trinajstić information content (AvgIpc) is 3.16. The van der Waals surface area contributed by atoms with Gasteiger partial charge in [0.05, 0.1) is 6.04 Å². The fraction of sp³-hybridized carbons (Fsp3) is 0.471. The van der Waals surface area contributed by atoms with Crippen molar-refractivity contribution in [1.29, 1.82) is 0 Å². The molecule has 2 aromatic rings. The van der Waals surface area contributed by atoms with Crippen LogP contribution in [0.2, 0.25) is 0 Å². The molecule has 1 aliphatic rings. The van der Waals surface area contributed by atoms with E-state index in [1.54, 1.807) is 11.3 Å². The standard InChI is InChI=1S/C17H22N2OS/c1-2-3-9-19-14-7-4-6-12(14)11-13(17(19)20)16(18)15-8-5-10-21-15/h5,8,10-11,16H,2-4,6-7,9,18H2,1H3. The maximum atomic E-state index is 12.9. The number of pyridine rings is 1. The predicted octanol–water partition coefficient (Wildman–Crippen LogP) is 3.25. The molecule has 1 unspecified atom stereocenters. The molecule has 0 aromatic carbocycles. The average molecular weight is 302 g/mol. The van der Waals surface area contributed by atoms with Crippen molar-refractivity contribution in [2.75, 3.05) is 0 Å². The summed E-state index contributed by atoms with van der Waals surface area (Å²) in [7, 11) is 0. The van der Waals surface area contributed by atoms with Crippen molar-refractivity contribution in [1.82, 2.24) is 4.57 Å². The van der Waals surface area contributed by atoms with E-state index in [0.29, 0.717) is 0 Å². The lowest BCUT2D eigenvalue weighted by molar-refractivity contribution is 0.582. The Labute approximate surface area is 129 Å². The van der Waals surface area contributed by atoms with Crippen LogP contribution in [0.15, 0.2) is 28.4 Å². The SMILES string of the molecule is CCCCn1c2c(cc(C(N)c3cccs3)c1=O)CCC2. The molecule has 0 radical (unpaired) electrons. The van der Waals surface area contributed by atoms with Gasteiger partial charge in [-0.25, -0.2) is 0 Å². The molecule has 3 nitrogen and oxygen atoms in total. The van der Waals surface area contributed by atoms with Gasteiger partial charge in [-0.2, -0.15) is 0 Å². The van der Waals surface area contributed by atoms with Crippen molar-refractivity contribution in [3.05, 3.63) is 55.6 Å². The summed E-state index contributed by atoms with van der Waals surface area (Å²) in [6.45, 7) is 2.98. The van der Waals surface area contributed by atoms with Crippen LogP contribution >= 0.6 is 11.3 Å². The van der Waals surface area contributed by atoms with Gasteiger partial charge in [0, 0.05) is 22.7 Å². The van der Waals surface area contributed by atoms with E-state index in [-0.39, 0.29) is 11.6 Å². The van der Waals surface area contributed by atoms with Crippen LogP contribution < -0.4 is 11.3 Å². The number of nitrogens with two attached hydrogens (primary N) is 1. The lowest BCUT2D eigenvalue weighted by atomic mass is 10.0. The topological polar surface area (TPSA) is 48.0 Å². The monoisotopic (exact) mass is 302 g/mol. The van der Waals surface area contributed by atoms with E-state index in [0.717, 1.165) is 49.1 Å². The number of fused-ring (bicyclic) bond motifs is 1. The van der Waals surface area contributed by atoms with Crippen LogP contribution in [0.5, 0.6) is 0 Å². The lowest BCUT2D eigenvalue weighted by Gasteiger charge is -2.17. The Balaban J connectivity index is 2.07. The summed E-state index contributed by atoms with van der Waals surface area (Å²) in [5.41, 5.74) is 9.80. The quantitative estimate of drug-likeness (QED) is 0.921. The molecule has 0 saturated carbocycles. The fourth-order valence-corrected chi connectivity index (χ4v) is 3.88. The molecule has 0 saturated heterocycles. The zero-order valence-corrected chi connectivity index (χ0v) is 13.3. The van der Waals surface area contributed by atoms with Gasteiger partial charge in [0.2, 0.25) is 0 Å². The van der Waals surface area contributed by atoms with Crippen molar-refractivity contribution < 1.29 is 0 Å². The van der Waals surface area contributed by atoms with Gasteiger partial charge in [0.1, 0.15) is 0 Å². The summed E-state index contributed by atoms with van der Waals surface area (Å²) in [6.07, 6.45) is 5.40. The number of unbranched alkanes of at least 4 members (excludes halogenated alkanes) is 1. The molecular weight excluding hydrogens is 280 g/mol. The first-order valence-corrected chi connectivity index (χ1v) is 8.64. The summed E-state index contributed by atoms with van der Waals surface area (Å²) in [6, 6.07) is 5.77. The summed E-state index contributed by atoms with van der Waals surface area (Å²) < 4.78 is 1.99. The second kappa shape index (κ2) is 6.16. The van der Waals surface area contributed by atoms with E-state index in [2.05, 4.69) is 13.0 Å². The summed E-state index contributed by atoms with van der Waals surface area (Å²) >= 11 is 1.62. The van der Waals surface area contributed by atoms with Crippen LogP contribution in [0, 0.1) is 0 Å². The Kier molecular flexibility index (Phi) is 4.27. The second-order valence-electron chi connectivity index (χ2n) is 5.73. The molecule has 0 bridgehead atoms. The Morgan fingerprint density at radius 2 is 2.29 bits per heavy atom. The van der Waals surface area contributed by atoms with E-state index >= 15 is 0 Å². The van der Waals surface area contributed by atoms with Crippen molar-refractivity contribution in [3.63, 3.8) is 0 Å². The van der Waals surface area contributed by atoms with Crippen LogP contribution in [-0.4, -0.2) is 4.57 Å². The second-order valence-corrected chi connectivity index (χ2v) is 6.71. The number of thiophene rings is 1. The van der Waals surface area contributed by atoms with E-state index in [4.69, 9.17) is 5.73 Å². The molecule has 2 N–H and O–H groups in total. The first-order valence-electron chi connectivity index (χ1n) is 7.76. The number of aromatic nitrogens is 1. The predicted molar refractivity (Wildman–Crippen MR) is 88.0 cm³/mol. The first-order chi connectivity index (χ1) is 10.2. The molecule has 0 aliphatic heterocycles. The highest BCUT2D eigenvalue weighted by atomic mass is 32.1. The summed E-state index contributed by atoms with van der Waals surface area (Å²) in [4.78, 5) is 13.9. The van der Waals surface area contributed by atoms with E-state index < -0.39 is 0 Å². The fourth-order valence-electron chi connectivity index (χ4n) is 3.14. The molecule has 3 rings (SSSR count). The van der Waals surface area contributed by atoms with Crippen LogP contribution in [0.3, 0.4) is 0 Å². The Morgan fingerprint density at radius 3 is 3.00 bits per heavy atom. The van der Waals surface area contributed by atoms with Crippen molar-refractivity contribution in [2.45, 2.75) is 51.6 Å². The van der Waals surface area contributed by atoms with E-state index in [1.807, 2.05) is 22.1 Å². The Morgan fingerprint density at radius 1 is 1.43 bits per heavy atom. The van der Waals surface area contributed by atoms with E-state index in [1.165, 1.54) is 11.3 Å². The normalized spacial score (nSPS) is 15.1. The van der Waals surface area contributed by atoms with Crippen molar-refractivity contribution in [2.24, 2.45) is 5.73 Å². The molecule has 1 atom stereocenters. The Hall–Kier alpha value is -1.39. The molecule has 112 valence electrons. The van der Waals surface area contributed by atoms with Gasteiger partial charge in [0.25, 0.3) is 5.56 Å². The highest BCUT2D eigenvalue weighted by molar-refractivity contribution is 7.10. The molecule has 0 fully saturated rings. The maximum Gasteiger partial charge on any atom is 0.255 e. The summed E-state index contributed by atoms with van der Waals surface area (Å²) in [5.74, 6) is 0. The number of hydrogen-bond donors (Lipinski definition) is 1. The zero-order valence-electron chi connectivity index (χ0n) is 12.5. The van der Waals surface area contributed by atoms with Crippen LogP contribution in [0.1, 0.15) is 53.9 Å². The molecule has 0 amide bonds. The number of rotatable bonds is 5. The van der Waals surface area contributed by atoms with Gasteiger partial charge in [-0.15, -0.1) is 11.3 Å². The highest BCUT2D eigenvalue weighted by Crippen LogP contribution is 2.27. The minimum atomic E-state index is -0.295.